The molecule has 0 fully saturated rings. The molecule has 0 aliphatic rings. The van der Waals surface area contributed by atoms with E-state index in [4.69, 9.17) is 0 Å². The second kappa shape index (κ2) is 8.09. The molecule has 1 amide bonds. The number of aromatic nitrogens is 2. The van der Waals surface area contributed by atoms with Crippen LogP contribution in [-0.4, -0.2) is 20.6 Å². The lowest BCUT2D eigenvalue weighted by Gasteiger charge is -2.09. The van der Waals surface area contributed by atoms with Crippen molar-refractivity contribution in [2.75, 3.05) is 0 Å². The van der Waals surface area contributed by atoms with E-state index in [1.54, 1.807) is 12.3 Å². The molecule has 1 N–H and O–H groups in total. The van der Waals surface area contributed by atoms with Crippen LogP contribution >= 0.6 is 22.6 Å². The number of nitro groups is 1. The molecule has 8 heteroatoms. The lowest BCUT2D eigenvalue weighted by Crippen LogP contribution is -2.23. The van der Waals surface area contributed by atoms with E-state index in [0.717, 1.165) is 11.1 Å². The van der Waals surface area contributed by atoms with Crippen LogP contribution in [0.2, 0.25) is 0 Å². The molecule has 7 nitrogen and oxygen atoms in total. The normalized spacial score (nSPS) is 10.5. The summed E-state index contributed by atoms with van der Waals surface area (Å²) in [5.74, 6) is -0.337. The maximum absolute atomic E-state index is 12.4. The standard InChI is InChI=1S/C18H15IN4O3/c19-17-6-5-15(23(25)26)10-16(17)18(24)20-11-13-3-1-4-14(9-13)12-22-8-2-7-21-22/h1-10H,11-12H2,(H,20,24). The third-order valence-electron chi connectivity index (χ3n) is 3.75. The van der Waals surface area contributed by atoms with E-state index >= 15 is 0 Å². The molecule has 0 aliphatic heterocycles. The highest BCUT2D eigenvalue weighted by Crippen LogP contribution is 2.19. The van der Waals surface area contributed by atoms with Gasteiger partial charge in [-0.3, -0.25) is 19.6 Å². The molecule has 0 spiro atoms. The average molecular weight is 462 g/mol. The first kappa shape index (κ1) is 18.1. The van der Waals surface area contributed by atoms with Crippen molar-refractivity contribution in [2.45, 2.75) is 13.1 Å². The lowest BCUT2D eigenvalue weighted by molar-refractivity contribution is -0.384. The topological polar surface area (TPSA) is 90.1 Å². The summed E-state index contributed by atoms with van der Waals surface area (Å²) in [5, 5.41) is 17.9. The van der Waals surface area contributed by atoms with Gasteiger partial charge in [0, 0.05) is 34.6 Å². The molecular weight excluding hydrogens is 447 g/mol. The number of carbonyl (C=O) groups is 1. The highest BCUT2D eigenvalue weighted by molar-refractivity contribution is 14.1. The first-order valence-corrected chi connectivity index (χ1v) is 8.88. The van der Waals surface area contributed by atoms with E-state index in [9.17, 15) is 14.9 Å². The summed E-state index contributed by atoms with van der Waals surface area (Å²) in [6.45, 7) is 0.988. The number of hydrogen-bond acceptors (Lipinski definition) is 4. The van der Waals surface area contributed by atoms with Crippen molar-refractivity contribution in [1.29, 1.82) is 0 Å². The fraction of sp³-hybridized carbons (Fsp3) is 0.111. The zero-order valence-electron chi connectivity index (χ0n) is 13.6. The van der Waals surface area contributed by atoms with E-state index in [2.05, 4.69) is 10.4 Å². The van der Waals surface area contributed by atoms with Crippen LogP contribution in [0.5, 0.6) is 0 Å². The molecule has 0 unspecified atom stereocenters. The predicted octanol–water partition coefficient (Wildman–Crippen LogP) is 3.37. The van der Waals surface area contributed by atoms with Gasteiger partial charge in [-0.05, 0) is 45.9 Å². The summed E-state index contributed by atoms with van der Waals surface area (Å²) in [5.41, 5.74) is 2.22. The Balaban J connectivity index is 1.68. The number of amides is 1. The molecule has 0 saturated heterocycles. The van der Waals surface area contributed by atoms with Gasteiger partial charge in [0.1, 0.15) is 0 Å². The summed E-state index contributed by atoms with van der Waals surface area (Å²) in [4.78, 5) is 22.8. The molecular formula is C18H15IN4O3. The minimum absolute atomic E-state index is 0.100. The summed E-state index contributed by atoms with van der Waals surface area (Å²) in [7, 11) is 0. The molecule has 0 saturated carbocycles. The first-order valence-electron chi connectivity index (χ1n) is 7.80. The predicted molar refractivity (Wildman–Crippen MR) is 105 cm³/mol. The van der Waals surface area contributed by atoms with E-state index in [-0.39, 0.29) is 11.6 Å². The summed E-state index contributed by atoms with van der Waals surface area (Å²) in [6, 6.07) is 14.0. The second-order valence-electron chi connectivity index (χ2n) is 5.63. The van der Waals surface area contributed by atoms with Gasteiger partial charge in [0.2, 0.25) is 0 Å². The number of rotatable bonds is 6. The van der Waals surface area contributed by atoms with Gasteiger partial charge >= 0.3 is 0 Å². The second-order valence-corrected chi connectivity index (χ2v) is 6.79. The van der Waals surface area contributed by atoms with Crippen LogP contribution in [0.1, 0.15) is 21.5 Å². The van der Waals surface area contributed by atoms with Crippen molar-refractivity contribution in [3.05, 3.63) is 91.3 Å². The maximum Gasteiger partial charge on any atom is 0.270 e. The number of nitrogens with one attached hydrogen (secondary N) is 1. The van der Waals surface area contributed by atoms with Crippen LogP contribution in [0, 0.1) is 13.7 Å². The number of non-ortho nitro benzene ring substituents is 1. The number of hydrogen-bond donors (Lipinski definition) is 1. The summed E-state index contributed by atoms with van der Waals surface area (Å²) < 4.78 is 2.49. The van der Waals surface area contributed by atoms with Crippen LogP contribution in [0.25, 0.3) is 0 Å². The highest BCUT2D eigenvalue weighted by atomic mass is 127. The number of carbonyl (C=O) groups excluding carboxylic acids is 1. The van der Waals surface area contributed by atoms with Gasteiger partial charge in [-0.15, -0.1) is 0 Å². The third-order valence-corrected chi connectivity index (χ3v) is 4.69. The van der Waals surface area contributed by atoms with Crippen LogP contribution in [0.15, 0.2) is 60.9 Å². The van der Waals surface area contributed by atoms with Crippen molar-refractivity contribution in [1.82, 2.24) is 15.1 Å². The fourth-order valence-corrected chi connectivity index (χ4v) is 3.08. The van der Waals surface area contributed by atoms with Crippen molar-refractivity contribution in [3.63, 3.8) is 0 Å². The van der Waals surface area contributed by atoms with E-state index in [0.29, 0.717) is 22.2 Å². The SMILES string of the molecule is O=C(NCc1cccc(Cn2cccn2)c1)c1cc([N+](=O)[O-])ccc1I. The van der Waals surface area contributed by atoms with Gasteiger partial charge < -0.3 is 5.32 Å². The molecule has 0 radical (unpaired) electrons. The van der Waals surface area contributed by atoms with Gasteiger partial charge in [0.15, 0.2) is 0 Å². The monoisotopic (exact) mass is 462 g/mol. The maximum atomic E-state index is 12.4. The van der Waals surface area contributed by atoms with Crippen molar-refractivity contribution in [2.24, 2.45) is 0 Å². The molecule has 2 aromatic carbocycles. The Morgan fingerprint density at radius 1 is 1.19 bits per heavy atom. The zero-order valence-corrected chi connectivity index (χ0v) is 15.8. The third kappa shape index (κ3) is 4.45. The van der Waals surface area contributed by atoms with Crippen molar-refractivity contribution < 1.29 is 9.72 Å². The Hall–Kier alpha value is -2.75. The minimum Gasteiger partial charge on any atom is -0.348 e. The van der Waals surface area contributed by atoms with Crippen LogP contribution in [0.4, 0.5) is 5.69 Å². The molecule has 3 aromatic rings. The minimum atomic E-state index is -0.508. The summed E-state index contributed by atoms with van der Waals surface area (Å²) >= 11 is 1.99. The molecule has 0 aliphatic carbocycles. The molecule has 132 valence electrons. The fourth-order valence-electron chi connectivity index (χ4n) is 2.50. The molecule has 3 rings (SSSR count). The quantitative estimate of drug-likeness (QED) is 0.346. The molecule has 0 atom stereocenters. The molecule has 1 aromatic heterocycles. The number of nitro benzene ring substituents is 1. The average Bonchev–Trinajstić information content (AvgIpc) is 3.13. The molecule has 26 heavy (non-hydrogen) atoms. The number of halogens is 1. The van der Waals surface area contributed by atoms with E-state index in [1.165, 1.54) is 12.1 Å². The molecule has 0 bridgehead atoms. The molecule has 1 heterocycles. The summed E-state index contributed by atoms with van der Waals surface area (Å²) in [6.07, 6.45) is 3.61. The first-order chi connectivity index (χ1) is 12.5. The Morgan fingerprint density at radius 2 is 2.00 bits per heavy atom. The van der Waals surface area contributed by atoms with Crippen LogP contribution < -0.4 is 5.32 Å². The largest absolute Gasteiger partial charge is 0.348 e. The van der Waals surface area contributed by atoms with Crippen molar-refractivity contribution in [3.8, 4) is 0 Å². The van der Waals surface area contributed by atoms with Gasteiger partial charge in [0.05, 0.1) is 17.0 Å². The Labute approximate surface area is 163 Å². The van der Waals surface area contributed by atoms with Gasteiger partial charge in [-0.2, -0.15) is 5.10 Å². The van der Waals surface area contributed by atoms with Crippen molar-refractivity contribution >= 4 is 34.2 Å². The highest BCUT2D eigenvalue weighted by Gasteiger charge is 2.15. The van der Waals surface area contributed by atoms with Gasteiger partial charge in [-0.25, -0.2) is 0 Å². The Kier molecular flexibility index (Phi) is 5.61. The van der Waals surface area contributed by atoms with Gasteiger partial charge in [-0.1, -0.05) is 24.3 Å². The van der Waals surface area contributed by atoms with E-state index < -0.39 is 4.92 Å². The van der Waals surface area contributed by atoms with Gasteiger partial charge in [0.25, 0.3) is 11.6 Å². The number of nitrogens with zero attached hydrogens (tertiary/aromatic N) is 3. The van der Waals surface area contributed by atoms with E-state index in [1.807, 2.05) is 63.8 Å². The lowest BCUT2D eigenvalue weighted by atomic mass is 10.1. The van der Waals surface area contributed by atoms with Crippen LogP contribution in [-0.2, 0) is 13.1 Å². The smallest absolute Gasteiger partial charge is 0.270 e. The van der Waals surface area contributed by atoms with Crippen LogP contribution in [0.3, 0.4) is 0 Å². The Morgan fingerprint density at radius 3 is 2.73 bits per heavy atom. The zero-order chi connectivity index (χ0) is 18.5. The Bertz CT molecular complexity index is 941. The number of benzene rings is 2.